The highest BCUT2D eigenvalue weighted by molar-refractivity contribution is 7.03. The molecular weight excluding hydrogens is 226 g/mol. The average Bonchev–Trinajstić information content (AvgIpc) is 2.77. The molecule has 1 aromatic heterocycles. The van der Waals surface area contributed by atoms with Crippen LogP contribution in [0.4, 0.5) is 5.82 Å². The predicted octanol–water partition coefficient (Wildman–Crippen LogP) is -0.0191. The van der Waals surface area contributed by atoms with Crippen molar-refractivity contribution in [3.05, 3.63) is 11.4 Å². The number of nitrogens with one attached hydrogen (secondary N) is 1. The van der Waals surface area contributed by atoms with Crippen LogP contribution in [-0.2, 0) is 0 Å². The van der Waals surface area contributed by atoms with Gasteiger partial charge in [-0.05, 0) is 24.1 Å². The number of anilines is 1. The average molecular weight is 243 g/mol. The molecule has 0 aliphatic carbocycles. The normalized spacial score (nSPS) is 31.6. The van der Waals surface area contributed by atoms with Crippen LogP contribution in [0.15, 0.2) is 11.4 Å². The van der Waals surface area contributed by atoms with Crippen molar-refractivity contribution in [2.75, 3.05) is 25.0 Å². The number of likely N-dealkylation sites (N-methyl/N-ethyl adjacent to an activating group) is 1. The molecule has 0 saturated carbocycles. The Balaban J connectivity index is 2.01. The van der Waals surface area contributed by atoms with Crippen molar-refractivity contribution >= 4 is 17.4 Å². The maximum atomic E-state index is 9.89. The number of aromatic nitrogens is 1. The molecule has 0 bridgehead atoms. The maximum Gasteiger partial charge on any atom is 0.139 e. The summed E-state index contributed by atoms with van der Waals surface area (Å²) in [6, 6.07) is 1.71. The van der Waals surface area contributed by atoms with Crippen molar-refractivity contribution in [3.63, 3.8) is 0 Å². The van der Waals surface area contributed by atoms with Crippen LogP contribution >= 0.6 is 11.5 Å². The Morgan fingerprint density at radius 2 is 2.38 bits per heavy atom. The number of β-amino-alcohol motifs (C(OH)–C–C–N with tert-alkyl or cyclic N) is 1. The van der Waals surface area contributed by atoms with E-state index in [-0.39, 0.29) is 6.04 Å². The van der Waals surface area contributed by atoms with E-state index in [1.165, 1.54) is 11.5 Å². The van der Waals surface area contributed by atoms with Gasteiger partial charge in [-0.3, -0.25) is 4.90 Å². The summed E-state index contributed by atoms with van der Waals surface area (Å²) in [5.74, 6) is 0.763. The molecule has 2 heterocycles. The lowest BCUT2D eigenvalue weighted by atomic mass is 9.99. The molecule has 1 aliphatic rings. The van der Waals surface area contributed by atoms with Crippen LogP contribution in [0.25, 0.3) is 0 Å². The van der Waals surface area contributed by atoms with Gasteiger partial charge in [-0.2, -0.15) is 4.37 Å². The van der Waals surface area contributed by atoms with Gasteiger partial charge in [0.15, 0.2) is 0 Å². The molecule has 0 amide bonds. The molecule has 0 unspecified atom stereocenters. The molecule has 0 spiro atoms. The number of aliphatic hydroxyl groups is 2. The highest BCUT2D eigenvalue weighted by Gasteiger charge is 2.34. The lowest BCUT2D eigenvalue weighted by molar-refractivity contribution is -0.0443. The minimum Gasteiger partial charge on any atom is -0.389 e. The number of hydrogen-bond donors (Lipinski definition) is 3. The second kappa shape index (κ2) is 5.09. The zero-order valence-electron chi connectivity index (χ0n) is 9.21. The summed E-state index contributed by atoms with van der Waals surface area (Å²) in [6.07, 6.45) is -1.42. The third-order valence-corrected chi connectivity index (χ3v) is 3.48. The minimum atomic E-state index is -0.732. The van der Waals surface area contributed by atoms with Gasteiger partial charge in [-0.1, -0.05) is 6.92 Å². The molecule has 1 aliphatic heterocycles. The first-order valence-corrected chi connectivity index (χ1v) is 6.29. The summed E-state index contributed by atoms with van der Waals surface area (Å²) in [5, 5.41) is 24.6. The monoisotopic (exact) mass is 243 g/mol. The summed E-state index contributed by atoms with van der Waals surface area (Å²) >= 11 is 1.37. The molecule has 6 heteroatoms. The van der Waals surface area contributed by atoms with E-state index in [0.717, 1.165) is 18.9 Å². The number of rotatable bonds is 3. The molecule has 3 N–H and O–H groups in total. The standard InChI is InChI=1S/C10H17N3O2S/c1-2-13-5-7(10(15)8(14)6-13)11-9-3-4-16-12-9/h3-4,7-8,10,14-15H,2,5-6H2,1H3,(H,11,12)/t7-,8-,10+/m0/s1. The lowest BCUT2D eigenvalue weighted by Gasteiger charge is -2.39. The van der Waals surface area contributed by atoms with Crippen LogP contribution in [0.2, 0.25) is 0 Å². The summed E-state index contributed by atoms with van der Waals surface area (Å²) in [5.41, 5.74) is 0. The van der Waals surface area contributed by atoms with E-state index in [0.29, 0.717) is 6.54 Å². The Labute approximate surface area is 98.9 Å². The lowest BCUT2D eigenvalue weighted by Crippen LogP contribution is -2.57. The minimum absolute atomic E-state index is 0.161. The van der Waals surface area contributed by atoms with Crippen molar-refractivity contribution in [2.45, 2.75) is 25.2 Å². The van der Waals surface area contributed by atoms with E-state index in [1.54, 1.807) is 0 Å². The zero-order chi connectivity index (χ0) is 11.5. The van der Waals surface area contributed by atoms with Crippen LogP contribution in [0.5, 0.6) is 0 Å². The number of aliphatic hydroxyl groups excluding tert-OH is 2. The second-order valence-corrected chi connectivity index (χ2v) is 4.71. The molecule has 1 aromatic rings. The molecule has 2 rings (SSSR count). The first kappa shape index (κ1) is 11.8. The fourth-order valence-electron chi connectivity index (χ4n) is 1.97. The van der Waals surface area contributed by atoms with Crippen LogP contribution in [0.3, 0.4) is 0 Å². The van der Waals surface area contributed by atoms with Gasteiger partial charge in [0.1, 0.15) is 11.9 Å². The fraction of sp³-hybridized carbons (Fsp3) is 0.700. The topological polar surface area (TPSA) is 68.6 Å². The van der Waals surface area contributed by atoms with Gasteiger partial charge >= 0.3 is 0 Å². The highest BCUT2D eigenvalue weighted by atomic mass is 32.1. The summed E-state index contributed by atoms with van der Waals surface area (Å²) in [6.45, 7) is 4.18. The van der Waals surface area contributed by atoms with E-state index in [1.807, 2.05) is 18.4 Å². The van der Waals surface area contributed by atoms with Crippen LogP contribution in [0.1, 0.15) is 6.92 Å². The third-order valence-electron chi connectivity index (χ3n) is 2.92. The zero-order valence-corrected chi connectivity index (χ0v) is 10.0. The van der Waals surface area contributed by atoms with Gasteiger partial charge in [-0.25, -0.2) is 0 Å². The fourth-order valence-corrected chi connectivity index (χ4v) is 2.45. The molecule has 16 heavy (non-hydrogen) atoms. The first-order chi connectivity index (χ1) is 7.70. The van der Waals surface area contributed by atoms with E-state index in [2.05, 4.69) is 14.6 Å². The molecule has 90 valence electrons. The van der Waals surface area contributed by atoms with E-state index >= 15 is 0 Å². The molecule has 3 atom stereocenters. The van der Waals surface area contributed by atoms with Crippen molar-refractivity contribution < 1.29 is 10.2 Å². The Bertz CT molecular complexity index is 320. The number of likely N-dealkylation sites (tertiary alicyclic amines) is 1. The third kappa shape index (κ3) is 2.52. The Morgan fingerprint density at radius 3 is 3.00 bits per heavy atom. The highest BCUT2D eigenvalue weighted by Crippen LogP contribution is 2.16. The number of hydrogen-bond acceptors (Lipinski definition) is 6. The Kier molecular flexibility index (Phi) is 3.75. The summed E-state index contributed by atoms with van der Waals surface area (Å²) < 4.78 is 4.14. The smallest absolute Gasteiger partial charge is 0.139 e. The largest absolute Gasteiger partial charge is 0.389 e. The van der Waals surface area contributed by atoms with Gasteiger partial charge in [0.05, 0.1) is 12.1 Å². The van der Waals surface area contributed by atoms with Gasteiger partial charge < -0.3 is 15.5 Å². The van der Waals surface area contributed by atoms with Crippen LogP contribution in [-0.4, -0.2) is 57.4 Å². The molecule has 5 nitrogen and oxygen atoms in total. The summed E-state index contributed by atoms with van der Waals surface area (Å²) in [7, 11) is 0. The van der Waals surface area contributed by atoms with Gasteiger partial charge in [0.25, 0.3) is 0 Å². The molecule has 0 aromatic carbocycles. The van der Waals surface area contributed by atoms with Crippen molar-refractivity contribution in [3.8, 4) is 0 Å². The van der Waals surface area contributed by atoms with Crippen LogP contribution < -0.4 is 5.32 Å². The van der Waals surface area contributed by atoms with E-state index < -0.39 is 12.2 Å². The molecule has 0 radical (unpaired) electrons. The van der Waals surface area contributed by atoms with Gasteiger partial charge in [0.2, 0.25) is 0 Å². The maximum absolute atomic E-state index is 9.89. The summed E-state index contributed by atoms with van der Waals surface area (Å²) in [4.78, 5) is 2.11. The molecule has 1 saturated heterocycles. The van der Waals surface area contributed by atoms with Crippen molar-refractivity contribution in [1.29, 1.82) is 0 Å². The first-order valence-electron chi connectivity index (χ1n) is 5.46. The second-order valence-electron chi connectivity index (χ2n) is 4.05. The van der Waals surface area contributed by atoms with Gasteiger partial charge in [0, 0.05) is 18.5 Å². The molecular formula is C10H17N3O2S. The Hall–Kier alpha value is -0.690. The van der Waals surface area contributed by atoms with E-state index in [9.17, 15) is 10.2 Å². The number of piperidine rings is 1. The molecule has 1 fully saturated rings. The van der Waals surface area contributed by atoms with Crippen molar-refractivity contribution in [2.24, 2.45) is 0 Å². The van der Waals surface area contributed by atoms with E-state index in [4.69, 9.17) is 0 Å². The SMILES string of the molecule is CCN1C[C@H](Nc2ccsn2)[C@@H](O)[C@@H](O)C1. The van der Waals surface area contributed by atoms with Gasteiger partial charge in [-0.15, -0.1) is 0 Å². The van der Waals surface area contributed by atoms with Crippen LogP contribution in [0, 0.1) is 0 Å². The number of nitrogens with zero attached hydrogens (tertiary/aromatic N) is 2. The Morgan fingerprint density at radius 1 is 1.56 bits per heavy atom. The quantitative estimate of drug-likeness (QED) is 0.696. The predicted molar refractivity (Wildman–Crippen MR) is 63.7 cm³/mol. The van der Waals surface area contributed by atoms with Crippen molar-refractivity contribution in [1.82, 2.24) is 9.27 Å².